The first-order valence-corrected chi connectivity index (χ1v) is 9.12. The minimum Gasteiger partial charge on any atom is -0.369 e. The summed E-state index contributed by atoms with van der Waals surface area (Å²) in [4.78, 5) is 10.9. The molecule has 6 heteroatoms. The molecule has 0 saturated carbocycles. The van der Waals surface area contributed by atoms with Crippen LogP contribution in [0.5, 0.6) is 0 Å². The van der Waals surface area contributed by atoms with Crippen molar-refractivity contribution in [3.05, 3.63) is 36.0 Å². The largest absolute Gasteiger partial charge is 0.369 e. The summed E-state index contributed by atoms with van der Waals surface area (Å²) in [5.41, 5.74) is 8.81. The molecule has 0 bridgehead atoms. The summed E-state index contributed by atoms with van der Waals surface area (Å²) in [5.74, 6) is -0.188. The standard InChI is InChI=1S/C20H26FN5/c1-13(14(2)21)11-25-20(23)15-5-6-18-17(10-15)19(7-8-24-18)26-9-3-4-16(22)12-26/h5-8,10-11,13-14,16,23H,3-4,9,12,22H2,1-2H3/t13?,14?,16-/m0/s1. The van der Waals surface area contributed by atoms with Crippen LogP contribution in [-0.4, -0.2) is 42.3 Å². The number of hydrogen-bond donors (Lipinski definition) is 2. The molecule has 2 unspecified atom stereocenters. The Morgan fingerprint density at radius 1 is 1.42 bits per heavy atom. The number of nitrogens with one attached hydrogen (secondary N) is 1. The molecule has 3 rings (SSSR count). The van der Waals surface area contributed by atoms with Crippen LogP contribution >= 0.6 is 0 Å². The smallest absolute Gasteiger partial charge is 0.151 e. The van der Waals surface area contributed by atoms with Crippen LogP contribution < -0.4 is 10.6 Å². The summed E-state index contributed by atoms with van der Waals surface area (Å²) >= 11 is 0. The van der Waals surface area contributed by atoms with Gasteiger partial charge in [-0.2, -0.15) is 0 Å². The van der Waals surface area contributed by atoms with E-state index in [4.69, 9.17) is 11.1 Å². The molecule has 2 aromatic rings. The van der Waals surface area contributed by atoms with Gasteiger partial charge in [0, 0.05) is 54.1 Å². The lowest BCUT2D eigenvalue weighted by Crippen LogP contribution is -2.42. The summed E-state index contributed by atoms with van der Waals surface area (Å²) < 4.78 is 13.3. The molecule has 1 aliphatic heterocycles. The van der Waals surface area contributed by atoms with Crippen molar-refractivity contribution in [1.82, 2.24) is 4.98 Å². The van der Waals surface area contributed by atoms with Crippen LogP contribution in [0.4, 0.5) is 10.1 Å². The van der Waals surface area contributed by atoms with Gasteiger partial charge in [0.05, 0.1) is 5.52 Å². The Balaban J connectivity index is 1.92. The Kier molecular flexibility index (Phi) is 5.61. The average molecular weight is 355 g/mol. The van der Waals surface area contributed by atoms with Crippen molar-refractivity contribution in [2.24, 2.45) is 16.6 Å². The number of rotatable bonds is 4. The Morgan fingerprint density at radius 2 is 2.23 bits per heavy atom. The summed E-state index contributed by atoms with van der Waals surface area (Å²) in [5, 5.41) is 9.20. The van der Waals surface area contributed by atoms with Crippen molar-refractivity contribution in [1.29, 1.82) is 5.41 Å². The van der Waals surface area contributed by atoms with E-state index >= 15 is 0 Å². The normalized spacial score (nSPS) is 20.5. The summed E-state index contributed by atoms with van der Waals surface area (Å²) in [6.07, 6.45) is 4.46. The van der Waals surface area contributed by atoms with Gasteiger partial charge in [0.2, 0.25) is 0 Å². The fourth-order valence-electron chi connectivity index (χ4n) is 3.17. The Bertz CT molecular complexity index is 817. The van der Waals surface area contributed by atoms with Crippen molar-refractivity contribution in [2.75, 3.05) is 18.0 Å². The van der Waals surface area contributed by atoms with E-state index in [0.29, 0.717) is 5.56 Å². The fourth-order valence-corrected chi connectivity index (χ4v) is 3.17. The highest BCUT2D eigenvalue weighted by atomic mass is 19.1. The third-order valence-corrected chi connectivity index (χ3v) is 4.95. The number of amidine groups is 1. The van der Waals surface area contributed by atoms with E-state index in [0.717, 1.165) is 42.5 Å². The van der Waals surface area contributed by atoms with Crippen LogP contribution in [0, 0.1) is 11.3 Å². The first kappa shape index (κ1) is 18.5. The molecule has 3 atom stereocenters. The molecule has 2 heterocycles. The minimum absolute atomic E-state index is 0.129. The molecule has 0 aliphatic carbocycles. The van der Waals surface area contributed by atoms with Gasteiger partial charge in [0.15, 0.2) is 5.84 Å². The maximum absolute atomic E-state index is 13.3. The molecule has 0 spiro atoms. The van der Waals surface area contributed by atoms with Crippen molar-refractivity contribution in [2.45, 2.75) is 38.9 Å². The highest BCUT2D eigenvalue weighted by Crippen LogP contribution is 2.28. The van der Waals surface area contributed by atoms with Crippen LogP contribution in [0.25, 0.3) is 10.9 Å². The van der Waals surface area contributed by atoms with Crippen LogP contribution in [0.2, 0.25) is 0 Å². The summed E-state index contributed by atoms with van der Waals surface area (Å²) in [6, 6.07) is 7.88. The highest BCUT2D eigenvalue weighted by molar-refractivity contribution is 6.05. The Labute approximate surface area is 153 Å². The molecule has 3 N–H and O–H groups in total. The lowest BCUT2D eigenvalue weighted by Gasteiger charge is -2.33. The minimum atomic E-state index is -0.984. The molecule has 138 valence electrons. The molecular formula is C20H26FN5. The first-order chi connectivity index (χ1) is 12.5. The molecule has 0 amide bonds. The van der Waals surface area contributed by atoms with Gasteiger partial charge in [-0.3, -0.25) is 10.4 Å². The van der Waals surface area contributed by atoms with Crippen molar-refractivity contribution >= 4 is 28.6 Å². The Hall–Kier alpha value is -2.34. The number of aliphatic imine (C=N–C) groups is 1. The monoisotopic (exact) mass is 355 g/mol. The van der Waals surface area contributed by atoms with Crippen molar-refractivity contribution < 1.29 is 4.39 Å². The third kappa shape index (κ3) is 4.07. The summed E-state index contributed by atoms with van der Waals surface area (Å²) in [7, 11) is 0. The lowest BCUT2D eigenvalue weighted by atomic mass is 10.0. The van der Waals surface area contributed by atoms with Crippen molar-refractivity contribution in [3.63, 3.8) is 0 Å². The number of piperidine rings is 1. The predicted octanol–water partition coefficient (Wildman–Crippen LogP) is 3.55. The quantitative estimate of drug-likeness (QED) is 0.650. The van der Waals surface area contributed by atoms with Gasteiger partial charge in [0.25, 0.3) is 0 Å². The van der Waals surface area contributed by atoms with E-state index in [1.54, 1.807) is 6.92 Å². The Morgan fingerprint density at radius 3 is 2.96 bits per heavy atom. The number of alkyl halides is 1. The number of halogens is 1. The highest BCUT2D eigenvalue weighted by Gasteiger charge is 2.19. The molecule has 1 aromatic heterocycles. The topological polar surface area (TPSA) is 78.4 Å². The van der Waals surface area contributed by atoms with Crippen LogP contribution in [0.1, 0.15) is 32.3 Å². The number of pyridine rings is 1. The summed E-state index contributed by atoms with van der Waals surface area (Å²) in [6.45, 7) is 5.05. The SMILES string of the molecule is CC(F)C(C)C=NC(=N)c1ccc2nccc(N3CCC[C@H](N)C3)c2c1. The molecule has 1 saturated heterocycles. The van der Waals surface area contributed by atoms with Crippen LogP contribution in [-0.2, 0) is 0 Å². The predicted molar refractivity (Wildman–Crippen MR) is 106 cm³/mol. The number of nitrogens with two attached hydrogens (primary N) is 1. The number of aromatic nitrogens is 1. The lowest BCUT2D eigenvalue weighted by molar-refractivity contribution is 0.316. The van der Waals surface area contributed by atoms with E-state index < -0.39 is 6.17 Å². The van der Waals surface area contributed by atoms with Gasteiger partial charge in [-0.25, -0.2) is 9.38 Å². The zero-order chi connectivity index (χ0) is 18.7. The van der Waals surface area contributed by atoms with Crippen LogP contribution in [0.3, 0.4) is 0 Å². The molecule has 1 aliphatic rings. The number of benzene rings is 1. The first-order valence-electron chi connectivity index (χ1n) is 9.12. The fraction of sp³-hybridized carbons (Fsp3) is 0.450. The maximum atomic E-state index is 13.3. The second kappa shape index (κ2) is 7.91. The third-order valence-electron chi connectivity index (χ3n) is 4.95. The van der Waals surface area contributed by atoms with Crippen molar-refractivity contribution in [3.8, 4) is 0 Å². The van der Waals surface area contributed by atoms with Gasteiger partial charge in [-0.05, 0) is 44.0 Å². The van der Waals surface area contributed by atoms with E-state index in [9.17, 15) is 4.39 Å². The molecule has 5 nitrogen and oxygen atoms in total. The number of fused-ring (bicyclic) bond motifs is 1. The number of hydrogen-bond acceptors (Lipinski definition) is 4. The van der Waals surface area contributed by atoms with E-state index in [1.807, 2.05) is 30.5 Å². The second-order valence-electron chi connectivity index (χ2n) is 7.07. The second-order valence-corrected chi connectivity index (χ2v) is 7.07. The molecule has 26 heavy (non-hydrogen) atoms. The maximum Gasteiger partial charge on any atom is 0.151 e. The van der Waals surface area contributed by atoms with Crippen LogP contribution in [0.15, 0.2) is 35.5 Å². The molecule has 1 fully saturated rings. The van der Waals surface area contributed by atoms with E-state index in [2.05, 4.69) is 14.9 Å². The number of nitrogens with zero attached hydrogens (tertiary/aromatic N) is 3. The van der Waals surface area contributed by atoms with Gasteiger partial charge in [0.1, 0.15) is 6.17 Å². The molecule has 1 aromatic carbocycles. The molecular weight excluding hydrogens is 329 g/mol. The zero-order valence-electron chi connectivity index (χ0n) is 15.3. The van der Waals surface area contributed by atoms with E-state index in [1.165, 1.54) is 13.1 Å². The van der Waals surface area contributed by atoms with Gasteiger partial charge in [-0.1, -0.05) is 6.92 Å². The van der Waals surface area contributed by atoms with Gasteiger partial charge in [-0.15, -0.1) is 0 Å². The number of anilines is 1. The van der Waals surface area contributed by atoms with Gasteiger partial charge < -0.3 is 10.6 Å². The van der Waals surface area contributed by atoms with E-state index in [-0.39, 0.29) is 17.8 Å². The average Bonchev–Trinajstić information content (AvgIpc) is 2.64. The zero-order valence-corrected chi connectivity index (χ0v) is 15.3. The van der Waals surface area contributed by atoms with Gasteiger partial charge >= 0.3 is 0 Å². The molecule has 0 radical (unpaired) electrons.